The summed E-state index contributed by atoms with van der Waals surface area (Å²) >= 11 is 0. The maximum absolute atomic E-state index is 11.7. The third kappa shape index (κ3) is 1.48. The van der Waals surface area contributed by atoms with Crippen molar-refractivity contribution in [3.63, 3.8) is 0 Å². The first-order valence-electron chi connectivity index (χ1n) is 4.57. The summed E-state index contributed by atoms with van der Waals surface area (Å²) in [5.41, 5.74) is 0.464. The highest BCUT2D eigenvalue weighted by molar-refractivity contribution is 5.94. The summed E-state index contributed by atoms with van der Waals surface area (Å²) < 4.78 is 0. The maximum Gasteiger partial charge on any atom is 0.256 e. The number of likely N-dealkylation sites (tertiary alicyclic amines) is 1. The van der Waals surface area contributed by atoms with Crippen molar-refractivity contribution in [1.29, 1.82) is 0 Å². The van der Waals surface area contributed by atoms with Gasteiger partial charge < -0.3 is 10.0 Å². The third-order valence-corrected chi connectivity index (χ3v) is 2.45. The molecule has 1 unspecified atom stereocenters. The average Bonchev–Trinajstić information content (AvgIpc) is 2.18. The van der Waals surface area contributed by atoms with Gasteiger partial charge in [0.25, 0.3) is 5.91 Å². The Morgan fingerprint density at radius 1 is 1.79 bits per heavy atom. The lowest BCUT2D eigenvalue weighted by atomic mass is 10.0. The van der Waals surface area contributed by atoms with Gasteiger partial charge in [0.05, 0.1) is 18.2 Å². The largest absolute Gasteiger partial charge is 0.394 e. The number of hydrogen-bond donors (Lipinski definition) is 1. The minimum atomic E-state index is -0.0941. The molecule has 2 rings (SSSR count). The molecule has 73 valence electrons. The first-order valence-corrected chi connectivity index (χ1v) is 4.57. The van der Waals surface area contributed by atoms with E-state index in [4.69, 9.17) is 5.11 Å². The second-order valence-electron chi connectivity index (χ2n) is 3.29. The van der Waals surface area contributed by atoms with Gasteiger partial charge in [-0.3, -0.25) is 9.78 Å². The molecule has 1 aromatic heterocycles. The second kappa shape index (κ2) is 3.75. The summed E-state index contributed by atoms with van der Waals surface area (Å²) in [6.45, 7) is 0.749. The lowest BCUT2D eigenvalue weighted by Gasteiger charge is -2.39. The number of carbonyl (C=O) groups excluding carboxylic acids is 1. The molecule has 1 aromatic rings. The number of aliphatic hydroxyl groups is 1. The van der Waals surface area contributed by atoms with E-state index in [0.29, 0.717) is 12.1 Å². The first-order chi connectivity index (χ1) is 6.83. The highest BCUT2D eigenvalue weighted by Crippen LogP contribution is 2.19. The molecule has 2 heterocycles. The minimum absolute atomic E-state index is 0.0175. The van der Waals surface area contributed by atoms with Crippen molar-refractivity contribution >= 4 is 5.91 Å². The molecule has 14 heavy (non-hydrogen) atoms. The molecular formula is C10H11N2O2. The topological polar surface area (TPSA) is 53.4 Å². The number of carbonyl (C=O) groups is 1. The fourth-order valence-electron chi connectivity index (χ4n) is 1.50. The van der Waals surface area contributed by atoms with Crippen LogP contribution in [0.2, 0.25) is 0 Å². The van der Waals surface area contributed by atoms with Gasteiger partial charge in [-0.1, -0.05) is 0 Å². The van der Waals surface area contributed by atoms with E-state index in [2.05, 4.69) is 11.2 Å². The van der Waals surface area contributed by atoms with Gasteiger partial charge in [-0.25, -0.2) is 0 Å². The van der Waals surface area contributed by atoms with Crippen molar-refractivity contribution in [3.05, 3.63) is 30.1 Å². The van der Waals surface area contributed by atoms with Crippen molar-refractivity contribution in [2.24, 2.45) is 0 Å². The monoisotopic (exact) mass is 191 g/mol. The molecule has 1 aliphatic heterocycles. The van der Waals surface area contributed by atoms with Crippen molar-refractivity contribution in [3.8, 4) is 0 Å². The van der Waals surface area contributed by atoms with Gasteiger partial charge in [0.2, 0.25) is 0 Å². The van der Waals surface area contributed by atoms with Gasteiger partial charge in [0, 0.05) is 12.7 Å². The van der Waals surface area contributed by atoms with Gasteiger partial charge in [0.1, 0.15) is 6.20 Å². The predicted octanol–water partition coefficient (Wildman–Crippen LogP) is 0.0886. The van der Waals surface area contributed by atoms with Gasteiger partial charge in [-0.15, -0.1) is 0 Å². The lowest BCUT2D eigenvalue weighted by Crippen LogP contribution is -2.52. The number of aromatic nitrogens is 1. The zero-order chi connectivity index (χ0) is 9.97. The van der Waals surface area contributed by atoms with E-state index in [1.807, 2.05) is 0 Å². The predicted molar refractivity (Wildman–Crippen MR) is 49.6 cm³/mol. The number of aliphatic hydroxyl groups excluding tert-OH is 1. The van der Waals surface area contributed by atoms with Crippen LogP contribution in [0.5, 0.6) is 0 Å². The third-order valence-electron chi connectivity index (χ3n) is 2.45. The van der Waals surface area contributed by atoms with E-state index in [-0.39, 0.29) is 18.6 Å². The van der Waals surface area contributed by atoms with Gasteiger partial charge in [0.15, 0.2) is 0 Å². The normalized spacial score (nSPS) is 20.4. The van der Waals surface area contributed by atoms with E-state index in [1.54, 1.807) is 23.2 Å². The van der Waals surface area contributed by atoms with Crippen LogP contribution < -0.4 is 0 Å². The van der Waals surface area contributed by atoms with E-state index in [9.17, 15) is 4.79 Å². The Labute approximate surface area is 82.2 Å². The Morgan fingerprint density at radius 3 is 3.14 bits per heavy atom. The molecule has 1 saturated heterocycles. The number of amides is 1. The fraction of sp³-hybridized carbons (Fsp3) is 0.400. The Hall–Kier alpha value is -1.42. The van der Waals surface area contributed by atoms with Gasteiger partial charge in [-0.2, -0.15) is 0 Å². The molecule has 1 amide bonds. The van der Waals surface area contributed by atoms with E-state index in [0.717, 1.165) is 6.42 Å². The lowest BCUT2D eigenvalue weighted by molar-refractivity contribution is 0.0295. The molecule has 4 nitrogen and oxygen atoms in total. The molecular weight excluding hydrogens is 180 g/mol. The summed E-state index contributed by atoms with van der Waals surface area (Å²) in [5.74, 6) is -0.0941. The summed E-state index contributed by atoms with van der Waals surface area (Å²) in [5, 5.41) is 8.93. The molecule has 0 bridgehead atoms. The highest BCUT2D eigenvalue weighted by atomic mass is 16.3. The molecule has 0 aromatic carbocycles. The van der Waals surface area contributed by atoms with Crippen LogP contribution in [0.3, 0.4) is 0 Å². The van der Waals surface area contributed by atoms with Crippen molar-refractivity contribution in [1.82, 2.24) is 9.88 Å². The summed E-state index contributed by atoms with van der Waals surface area (Å²) in [6, 6.07) is 3.37. The molecule has 1 N–H and O–H groups in total. The molecule has 0 saturated carbocycles. The SMILES string of the molecule is O=C(c1[c]nccc1)N1CCC1CO. The van der Waals surface area contributed by atoms with Crippen LogP contribution in [0, 0.1) is 6.20 Å². The summed E-state index contributed by atoms with van der Waals surface area (Å²) in [6.07, 6.45) is 5.10. The molecule has 1 aliphatic rings. The van der Waals surface area contributed by atoms with Crippen molar-refractivity contribution < 1.29 is 9.90 Å². The van der Waals surface area contributed by atoms with Crippen molar-refractivity contribution in [2.45, 2.75) is 12.5 Å². The maximum atomic E-state index is 11.7. The van der Waals surface area contributed by atoms with Crippen LogP contribution >= 0.6 is 0 Å². The van der Waals surface area contributed by atoms with Crippen LogP contribution in [0.25, 0.3) is 0 Å². The zero-order valence-electron chi connectivity index (χ0n) is 7.68. The summed E-state index contributed by atoms with van der Waals surface area (Å²) in [4.78, 5) is 17.1. The highest BCUT2D eigenvalue weighted by Gasteiger charge is 2.31. The first kappa shape index (κ1) is 9.15. The molecule has 4 heteroatoms. The van der Waals surface area contributed by atoms with Crippen LogP contribution in [-0.4, -0.2) is 40.1 Å². The Bertz CT molecular complexity index is 324. The quantitative estimate of drug-likeness (QED) is 0.720. The fourth-order valence-corrected chi connectivity index (χ4v) is 1.50. The number of hydrogen-bond acceptors (Lipinski definition) is 3. The molecule has 1 radical (unpaired) electrons. The average molecular weight is 191 g/mol. The van der Waals surface area contributed by atoms with E-state index < -0.39 is 0 Å². The Kier molecular flexibility index (Phi) is 2.45. The molecule has 1 fully saturated rings. The summed E-state index contributed by atoms with van der Waals surface area (Å²) in [7, 11) is 0. The van der Waals surface area contributed by atoms with Crippen LogP contribution in [0.15, 0.2) is 18.3 Å². The van der Waals surface area contributed by atoms with E-state index in [1.165, 1.54) is 0 Å². The van der Waals surface area contributed by atoms with Gasteiger partial charge >= 0.3 is 0 Å². The molecule has 0 spiro atoms. The van der Waals surface area contributed by atoms with Gasteiger partial charge in [-0.05, 0) is 18.6 Å². The number of nitrogens with zero attached hydrogens (tertiary/aromatic N) is 2. The molecule has 0 aliphatic carbocycles. The second-order valence-corrected chi connectivity index (χ2v) is 3.29. The standard InChI is InChI=1S/C10H11N2O2/c13-7-9-3-5-12(9)10(14)8-2-1-4-11-6-8/h1-2,4,9,13H,3,5,7H2. The zero-order valence-corrected chi connectivity index (χ0v) is 7.68. The van der Waals surface area contributed by atoms with Crippen molar-refractivity contribution in [2.75, 3.05) is 13.2 Å². The van der Waals surface area contributed by atoms with E-state index >= 15 is 0 Å². The number of rotatable bonds is 2. The van der Waals surface area contributed by atoms with Crippen LogP contribution in [-0.2, 0) is 0 Å². The number of pyridine rings is 1. The molecule has 1 atom stereocenters. The van der Waals surface area contributed by atoms with Crippen LogP contribution in [0.1, 0.15) is 16.8 Å². The Balaban J connectivity index is 2.09. The Morgan fingerprint density at radius 2 is 2.64 bits per heavy atom. The smallest absolute Gasteiger partial charge is 0.256 e. The van der Waals surface area contributed by atoms with Crippen LogP contribution in [0.4, 0.5) is 0 Å². The minimum Gasteiger partial charge on any atom is -0.394 e.